The third-order valence-corrected chi connectivity index (χ3v) is 9.93. The molecule has 0 aliphatic rings. The molecular weight excluding hydrogens is 722 g/mol. The molecule has 1 atom stereocenters. The summed E-state index contributed by atoms with van der Waals surface area (Å²) < 4.78 is 41.1. The number of carbonyl (C=O) groups excluding carboxylic acids is 3. The van der Waals surface area contributed by atoms with Crippen molar-refractivity contribution in [3.8, 4) is 11.5 Å². The van der Waals surface area contributed by atoms with Gasteiger partial charge in [-0.1, -0.05) is 39.7 Å². The molecule has 0 saturated heterocycles. The highest BCUT2D eigenvalue weighted by atomic mass is 79.9. The number of benzene rings is 4. The largest absolute Gasteiger partial charge is 0.497 e. The maximum atomic E-state index is 13.7. The van der Waals surface area contributed by atoms with Gasteiger partial charge in [0.1, 0.15) is 17.5 Å². The first-order valence-electron chi connectivity index (χ1n) is 14.6. The first-order valence-corrected chi connectivity index (χ1v) is 17.3. The Bertz CT molecular complexity index is 2100. The van der Waals surface area contributed by atoms with Gasteiger partial charge in [-0.25, -0.2) is 13.1 Å². The van der Waals surface area contributed by atoms with Crippen molar-refractivity contribution in [2.45, 2.75) is 30.7 Å². The maximum absolute atomic E-state index is 13.7. The van der Waals surface area contributed by atoms with Crippen molar-refractivity contribution in [3.63, 3.8) is 0 Å². The third-order valence-electron chi connectivity index (χ3n) is 7.78. The fraction of sp³-hybridized carbons (Fsp3) is 0.171. The number of rotatable bonds is 11. The number of nitrogens with one attached hydrogen (secondary N) is 2. The lowest BCUT2D eigenvalue weighted by Gasteiger charge is -2.19. The molecule has 4 aromatic carbocycles. The second-order valence-electron chi connectivity index (χ2n) is 10.9. The number of sulfonamides is 1. The quantitative estimate of drug-likeness (QED) is 0.173. The number of aromatic nitrogens is 1. The summed E-state index contributed by atoms with van der Waals surface area (Å²) >= 11 is 9.31. The Kier molecular flexibility index (Phi) is 10.6. The van der Waals surface area contributed by atoms with Crippen LogP contribution in [-0.2, 0) is 32.5 Å². The van der Waals surface area contributed by atoms with Gasteiger partial charge in [-0.05, 0) is 96.9 Å². The van der Waals surface area contributed by atoms with E-state index in [-0.39, 0.29) is 23.6 Å². The molecule has 0 aliphatic carbocycles. The van der Waals surface area contributed by atoms with Gasteiger partial charge >= 0.3 is 0 Å². The zero-order valence-corrected chi connectivity index (χ0v) is 29.3. The van der Waals surface area contributed by atoms with Gasteiger partial charge < -0.3 is 14.8 Å². The lowest BCUT2D eigenvalue weighted by atomic mass is 10.0. The summed E-state index contributed by atoms with van der Waals surface area (Å²) in [7, 11) is -1.21. The highest BCUT2D eigenvalue weighted by molar-refractivity contribution is 9.10. The molecule has 5 rings (SSSR count). The van der Waals surface area contributed by atoms with Crippen molar-refractivity contribution < 1.29 is 32.3 Å². The van der Waals surface area contributed by atoms with E-state index < -0.39 is 27.9 Å². The van der Waals surface area contributed by atoms with Crippen LogP contribution in [0, 0.1) is 6.92 Å². The number of fused-ring (bicyclic) bond motifs is 1. The number of hydrogen-bond donors (Lipinski definition) is 2. The zero-order chi connectivity index (χ0) is 34.6. The normalized spacial score (nSPS) is 11.9. The van der Waals surface area contributed by atoms with Gasteiger partial charge in [0, 0.05) is 32.6 Å². The van der Waals surface area contributed by atoms with E-state index in [1.165, 1.54) is 30.9 Å². The van der Waals surface area contributed by atoms with E-state index in [0.717, 1.165) is 0 Å². The fourth-order valence-corrected chi connectivity index (χ4v) is 6.69. The molecule has 0 spiro atoms. The van der Waals surface area contributed by atoms with Crippen LogP contribution in [-0.4, -0.2) is 51.0 Å². The Labute approximate surface area is 291 Å². The van der Waals surface area contributed by atoms with Gasteiger partial charge in [-0.2, -0.15) is 0 Å². The maximum Gasteiger partial charge on any atom is 0.264 e. The van der Waals surface area contributed by atoms with E-state index in [1.807, 2.05) is 0 Å². The molecule has 2 amide bonds. The molecule has 0 bridgehead atoms. The number of halogens is 2. The van der Waals surface area contributed by atoms with Crippen LogP contribution in [0.2, 0.25) is 5.02 Å². The first kappa shape index (κ1) is 34.7. The molecule has 248 valence electrons. The number of methoxy groups -OCH3 is 2. The molecule has 10 nitrogen and oxygen atoms in total. The second-order valence-corrected chi connectivity index (χ2v) is 13.9. The highest BCUT2D eigenvalue weighted by Gasteiger charge is 2.28. The summed E-state index contributed by atoms with van der Waals surface area (Å²) in [6, 6.07) is 23.1. The van der Waals surface area contributed by atoms with Crippen molar-refractivity contribution in [2.24, 2.45) is 0 Å². The topological polar surface area (TPSA) is 133 Å². The van der Waals surface area contributed by atoms with Crippen LogP contribution in [0.1, 0.15) is 27.2 Å². The van der Waals surface area contributed by atoms with Gasteiger partial charge in [0.2, 0.25) is 5.91 Å². The lowest BCUT2D eigenvalue weighted by molar-refractivity contribution is -0.127. The van der Waals surface area contributed by atoms with Gasteiger partial charge in [0.15, 0.2) is 0 Å². The van der Waals surface area contributed by atoms with Gasteiger partial charge in [-0.15, -0.1) is 0 Å². The Morgan fingerprint density at radius 3 is 2.12 bits per heavy atom. The summed E-state index contributed by atoms with van der Waals surface area (Å²) in [6.45, 7) is 1.73. The Hall–Kier alpha value is -4.65. The Balaban J connectivity index is 1.47. The zero-order valence-electron chi connectivity index (χ0n) is 26.1. The fourth-order valence-electron chi connectivity index (χ4n) is 5.28. The molecule has 1 aromatic heterocycles. The second kappa shape index (κ2) is 14.6. The minimum Gasteiger partial charge on any atom is -0.497 e. The van der Waals surface area contributed by atoms with Crippen LogP contribution < -0.4 is 19.5 Å². The predicted octanol–water partition coefficient (Wildman–Crippen LogP) is 5.85. The van der Waals surface area contributed by atoms with Crippen molar-refractivity contribution in [2.75, 3.05) is 14.2 Å². The summed E-state index contributed by atoms with van der Waals surface area (Å²) in [5, 5.41) is 3.82. The van der Waals surface area contributed by atoms with E-state index >= 15 is 0 Å². The van der Waals surface area contributed by atoms with Crippen molar-refractivity contribution in [1.29, 1.82) is 0 Å². The third kappa shape index (κ3) is 7.73. The predicted molar refractivity (Wildman–Crippen MR) is 186 cm³/mol. The molecule has 2 N–H and O–H groups in total. The van der Waals surface area contributed by atoms with E-state index in [4.69, 9.17) is 21.1 Å². The van der Waals surface area contributed by atoms with Gasteiger partial charge in [0.25, 0.3) is 21.8 Å². The SMILES string of the molecule is COc1ccc(C[C@H](NC(=O)Cc2c(C)n(C(=O)c3ccc(Cl)cc3)c3ccc(OC)cc23)C(=O)NS(=O)(=O)c2ccc(Br)cc2)cc1. The number of carbonyl (C=O) groups is 3. The van der Waals surface area contributed by atoms with Crippen LogP contribution >= 0.6 is 27.5 Å². The summed E-state index contributed by atoms with van der Waals surface area (Å²) in [6.07, 6.45) is -0.233. The van der Waals surface area contributed by atoms with E-state index in [9.17, 15) is 22.8 Å². The molecular formula is C35H31BrClN3O7S. The Morgan fingerprint density at radius 1 is 0.875 bits per heavy atom. The minimum atomic E-state index is -4.25. The van der Waals surface area contributed by atoms with Crippen LogP contribution in [0.25, 0.3) is 10.9 Å². The molecule has 48 heavy (non-hydrogen) atoms. The van der Waals surface area contributed by atoms with Gasteiger partial charge in [0.05, 0.1) is 31.1 Å². The number of nitrogens with zero attached hydrogens (tertiary/aromatic N) is 1. The average Bonchev–Trinajstić information content (AvgIpc) is 3.34. The van der Waals surface area contributed by atoms with Crippen LogP contribution in [0.5, 0.6) is 11.5 Å². The molecule has 1 heterocycles. The summed E-state index contributed by atoms with van der Waals surface area (Å²) in [4.78, 5) is 40.8. The minimum absolute atomic E-state index is 0.0129. The average molecular weight is 753 g/mol. The number of amides is 2. The smallest absolute Gasteiger partial charge is 0.264 e. The molecule has 13 heteroatoms. The monoisotopic (exact) mass is 751 g/mol. The van der Waals surface area contributed by atoms with Gasteiger partial charge in [-0.3, -0.25) is 19.0 Å². The molecule has 5 aromatic rings. The highest BCUT2D eigenvalue weighted by Crippen LogP contribution is 2.31. The molecule has 0 radical (unpaired) electrons. The van der Waals surface area contributed by atoms with Crippen molar-refractivity contribution in [3.05, 3.63) is 123 Å². The van der Waals surface area contributed by atoms with E-state index in [2.05, 4.69) is 26.0 Å². The van der Waals surface area contributed by atoms with Crippen LogP contribution in [0.4, 0.5) is 0 Å². The first-order chi connectivity index (χ1) is 22.9. The van der Waals surface area contributed by atoms with E-state index in [0.29, 0.717) is 54.3 Å². The van der Waals surface area contributed by atoms with Crippen LogP contribution in [0.15, 0.2) is 100 Å². The van der Waals surface area contributed by atoms with Crippen molar-refractivity contribution in [1.82, 2.24) is 14.6 Å². The summed E-state index contributed by atoms with van der Waals surface area (Å²) in [5.74, 6) is -0.678. The molecule has 0 unspecified atom stereocenters. The summed E-state index contributed by atoms with van der Waals surface area (Å²) in [5.41, 5.74) is 2.67. The molecule has 0 saturated carbocycles. The van der Waals surface area contributed by atoms with Crippen molar-refractivity contribution >= 4 is 66.2 Å². The Morgan fingerprint density at radius 2 is 1.50 bits per heavy atom. The van der Waals surface area contributed by atoms with Crippen LogP contribution in [0.3, 0.4) is 0 Å². The molecule has 0 fully saturated rings. The number of hydrogen-bond acceptors (Lipinski definition) is 7. The standard InChI is InChI=1S/C35H31BrClN3O7S/c1-21-29(30-19-27(47-3)14-17-32(30)40(21)35(43)23-6-10-25(37)11-7-23)20-33(41)38-31(18-22-4-12-26(46-2)13-5-22)34(42)39-48(44,45)28-15-8-24(36)9-16-28/h4-17,19,31H,18,20H2,1-3H3,(H,38,41)(H,39,42)/t31-/m0/s1. The van der Waals surface area contributed by atoms with E-state index in [1.54, 1.807) is 85.8 Å². The number of ether oxygens (including phenoxy) is 2. The molecule has 0 aliphatic heterocycles. The lowest BCUT2D eigenvalue weighted by Crippen LogP contribution is -2.49.